The van der Waals surface area contributed by atoms with Gasteiger partial charge < -0.3 is 5.32 Å². The third kappa shape index (κ3) is 2.78. The van der Waals surface area contributed by atoms with E-state index in [-0.39, 0.29) is 17.5 Å². The van der Waals surface area contributed by atoms with Gasteiger partial charge in [0.2, 0.25) is 0 Å². The van der Waals surface area contributed by atoms with Gasteiger partial charge in [0.15, 0.2) is 5.82 Å². The SMILES string of the molecule is Cc1cc(-n2nc3c(c2-n2ccn(-c4ccc5c(cnn5C)c4F)c2=O)[C@H]2CC(C3)N2)cc(C)c1F. The number of aryl methyl sites for hydroxylation is 3. The van der Waals surface area contributed by atoms with Crippen molar-refractivity contribution in [3.05, 3.63) is 87.4 Å². The van der Waals surface area contributed by atoms with Gasteiger partial charge in [-0.05, 0) is 55.7 Å². The second-order valence-corrected chi connectivity index (χ2v) is 9.77. The Bertz CT molecular complexity index is 1740. The molecule has 2 aliphatic heterocycles. The van der Waals surface area contributed by atoms with E-state index in [4.69, 9.17) is 5.10 Å². The molecule has 0 saturated carbocycles. The Morgan fingerprint density at radius 3 is 2.53 bits per heavy atom. The van der Waals surface area contributed by atoms with Crippen molar-refractivity contribution in [3.63, 3.8) is 0 Å². The summed E-state index contributed by atoms with van der Waals surface area (Å²) in [6, 6.07) is 7.27. The Labute approximate surface area is 204 Å². The van der Waals surface area contributed by atoms with Crippen molar-refractivity contribution in [3.8, 4) is 17.2 Å². The van der Waals surface area contributed by atoms with E-state index in [1.54, 1.807) is 66.9 Å². The molecule has 1 aliphatic carbocycles. The molecule has 8 nitrogen and oxygen atoms in total. The molecule has 0 amide bonds. The average molecular weight is 488 g/mol. The summed E-state index contributed by atoms with van der Waals surface area (Å²) in [5.41, 5.74) is 3.94. The van der Waals surface area contributed by atoms with Gasteiger partial charge in [0, 0.05) is 43.5 Å². The molecule has 1 fully saturated rings. The van der Waals surface area contributed by atoms with Gasteiger partial charge in [0.05, 0.1) is 34.2 Å². The molecule has 1 unspecified atom stereocenters. The number of nitrogens with one attached hydrogen (secondary N) is 1. The Morgan fingerprint density at radius 1 is 1.06 bits per heavy atom. The van der Waals surface area contributed by atoms with Gasteiger partial charge in [0.25, 0.3) is 0 Å². The number of nitrogens with zero attached hydrogens (tertiary/aromatic N) is 6. The predicted octanol–water partition coefficient (Wildman–Crippen LogP) is 3.55. The van der Waals surface area contributed by atoms with Crippen LogP contribution in [0.5, 0.6) is 0 Å². The Hall–Kier alpha value is -4.05. The molecule has 5 aromatic rings. The van der Waals surface area contributed by atoms with Crippen LogP contribution in [0.3, 0.4) is 0 Å². The minimum atomic E-state index is -0.510. The van der Waals surface area contributed by atoms with Crippen LogP contribution >= 0.6 is 0 Å². The van der Waals surface area contributed by atoms with Gasteiger partial charge >= 0.3 is 5.69 Å². The van der Waals surface area contributed by atoms with Gasteiger partial charge in [-0.3, -0.25) is 13.8 Å². The number of aromatic nitrogens is 6. The van der Waals surface area contributed by atoms with Crippen molar-refractivity contribution in [2.75, 3.05) is 0 Å². The lowest BCUT2D eigenvalue weighted by atomic mass is 9.81. The van der Waals surface area contributed by atoms with E-state index in [0.717, 1.165) is 24.1 Å². The molecule has 182 valence electrons. The number of imidazole rings is 1. The number of fused-ring (bicyclic) bond motifs is 1. The highest BCUT2D eigenvalue weighted by molar-refractivity contribution is 5.81. The molecule has 5 heterocycles. The number of rotatable bonds is 3. The number of hydrogen-bond acceptors (Lipinski definition) is 4. The standard InChI is InChI=1S/C26H23F2N7O/c1-13-8-16(9-14(2)23(13)27)35-25(22-18-10-15(30-18)11-19(22)31-35)34-7-6-33(26(34)36)21-5-4-20-17(24(21)28)12-29-32(20)3/h4-9,12,15,18,30H,10-11H2,1-3H3/t15?,18-/m1/s1. The molecule has 1 N–H and O–H groups in total. The molecule has 8 rings (SSSR count). The summed E-state index contributed by atoms with van der Waals surface area (Å²) in [6.45, 7) is 3.43. The summed E-state index contributed by atoms with van der Waals surface area (Å²) in [5.74, 6) is -0.173. The first-order chi connectivity index (χ1) is 17.3. The molecular weight excluding hydrogens is 464 g/mol. The van der Waals surface area contributed by atoms with Gasteiger partial charge in [-0.2, -0.15) is 10.2 Å². The summed E-state index contributed by atoms with van der Waals surface area (Å²) in [5, 5.41) is 12.9. The van der Waals surface area contributed by atoms with Crippen LogP contribution in [0, 0.1) is 25.5 Å². The fraction of sp³-hybridized carbons (Fsp3) is 0.269. The van der Waals surface area contributed by atoms with Gasteiger partial charge in [-0.15, -0.1) is 0 Å². The lowest BCUT2D eigenvalue weighted by Crippen LogP contribution is -2.51. The van der Waals surface area contributed by atoms with Crippen molar-refractivity contribution in [2.45, 2.75) is 38.8 Å². The minimum Gasteiger partial charge on any atom is -0.306 e. The monoisotopic (exact) mass is 487 g/mol. The third-order valence-corrected chi connectivity index (χ3v) is 7.49. The maximum atomic E-state index is 15.4. The maximum Gasteiger partial charge on any atom is 0.338 e. The minimum absolute atomic E-state index is 0.0869. The molecule has 2 aromatic carbocycles. The summed E-state index contributed by atoms with van der Waals surface area (Å²) in [4.78, 5) is 13.8. The van der Waals surface area contributed by atoms with E-state index in [2.05, 4.69) is 10.4 Å². The largest absolute Gasteiger partial charge is 0.338 e. The number of benzene rings is 2. The second kappa shape index (κ2) is 7.23. The van der Waals surface area contributed by atoms with E-state index in [1.165, 1.54) is 15.3 Å². The van der Waals surface area contributed by atoms with E-state index in [0.29, 0.717) is 39.6 Å². The zero-order chi connectivity index (χ0) is 24.9. The molecule has 1 saturated heterocycles. The first-order valence-corrected chi connectivity index (χ1v) is 11.9. The third-order valence-electron chi connectivity index (χ3n) is 7.49. The van der Waals surface area contributed by atoms with Crippen LogP contribution in [-0.2, 0) is 13.5 Å². The summed E-state index contributed by atoms with van der Waals surface area (Å²) >= 11 is 0. The Morgan fingerprint density at radius 2 is 1.78 bits per heavy atom. The fourth-order valence-electron chi connectivity index (χ4n) is 5.64. The molecule has 36 heavy (non-hydrogen) atoms. The highest BCUT2D eigenvalue weighted by Gasteiger charge is 2.42. The van der Waals surface area contributed by atoms with Crippen molar-refractivity contribution < 1.29 is 8.78 Å². The van der Waals surface area contributed by atoms with E-state index in [9.17, 15) is 9.18 Å². The zero-order valence-corrected chi connectivity index (χ0v) is 20.0. The first kappa shape index (κ1) is 21.3. The van der Waals surface area contributed by atoms with E-state index < -0.39 is 11.5 Å². The smallest absolute Gasteiger partial charge is 0.306 e. The van der Waals surface area contributed by atoms with Crippen LogP contribution in [0.25, 0.3) is 28.1 Å². The van der Waals surface area contributed by atoms with Gasteiger partial charge in [-0.25, -0.2) is 18.3 Å². The van der Waals surface area contributed by atoms with Gasteiger partial charge in [0.1, 0.15) is 11.6 Å². The van der Waals surface area contributed by atoms with Crippen molar-refractivity contribution in [2.24, 2.45) is 7.05 Å². The second-order valence-electron chi connectivity index (χ2n) is 9.77. The summed E-state index contributed by atoms with van der Waals surface area (Å²) in [7, 11) is 1.74. The molecule has 0 radical (unpaired) electrons. The quantitative estimate of drug-likeness (QED) is 0.423. The number of hydrogen-bond donors (Lipinski definition) is 1. The summed E-state index contributed by atoms with van der Waals surface area (Å²) < 4.78 is 36.0. The number of halogens is 2. The van der Waals surface area contributed by atoms with Crippen LogP contribution in [0.1, 0.15) is 34.8 Å². The van der Waals surface area contributed by atoms with E-state index in [1.807, 2.05) is 0 Å². The molecule has 3 aromatic heterocycles. The van der Waals surface area contributed by atoms with Crippen LogP contribution in [0.15, 0.2) is 47.7 Å². The highest BCUT2D eigenvalue weighted by Crippen LogP contribution is 2.41. The van der Waals surface area contributed by atoms with Gasteiger partial charge in [-0.1, -0.05) is 0 Å². The lowest BCUT2D eigenvalue weighted by Gasteiger charge is -2.42. The maximum absolute atomic E-state index is 15.4. The summed E-state index contributed by atoms with van der Waals surface area (Å²) in [6.07, 6.45) is 6.38. The lowest BCUT2D eigenvalue weighted by molar-refractivity contribution is 0.241. The molecular formula is C26H23F2N7O. The van der Waals surface area contributed by atoms with Crippen LogP contribution < -0.4 is 11.0 Å². The molecule has 2 atom stereocenters. The Balaban J connectivity index is 1.45. The van der Waals surface area contributed by atoms with Crippen LogP contribution in [0.4, 0.5) is 8.78 Å². The van der Waals surface area contributed by atoms with Crippen molar-refractivity contribution in [1.29, 1.82) is 0 Å². The van der Waals surface area contributed by atoms with Crippen LogP contribution in [-0.4, -0.2) is 34.7 Å². The zero-order valence-electron chi connectivity index (χ0n) is 20.0. The topological polar surface area (TPSA) is 74.6 Å². The molecule has 0 spiro atoms. The highest BCUT2D eigenvalue weighted by atomic mass is 19.1. The molecule has 2 bridgehead atoms. The van der Waals surface area contributed by atoms with Crippen LogP contribution in [0.2, 0.25) is 0 Å². The molecule has 3 aliphatic rings. The first-order valence-electron chi connectivity index (χ1n) is 11.9. The van der Waals surface area contributed by atoms with Crippen molar-refractivity contribution >= 4 is 10.9 Å². The van der Waals surface area contributed by atoms with Crippen molar-refractivity contribution in [1.82, 2.24) is 34.0 Å². The normalized spacial score (nSPS) is 18.5. The predicted molar refractivity (Wildman–Crippen MR) is 130 cm³/mol. The Kier molecular flexibility index (Phi) is 4.27. The fourth-order valence-corrected chi connectivity index (χ4v) is 5.64. The van der Waals surface area contributed by atoms with E-state index >= 15 is 4.39 Å². The molecule has 10 heteroatoms. The average Bonchev–Trinajstić information content (AvgIpc) is 3.52.